The summed E-state index contributed by atoms with van der Waals surface area (Å²) < 4.78 is 5.63. The van der Waals surface area contributed by atoms with Crippen molar-refractivity contribution in [3.63, 3.8) is 0 Å². The zero-order valence-corrected chi connectivity index (χ0v) is 10.4. The van der Waals surface area contributed by atoms with Crippen LogP contribution in [0.15, 0.2) is 11.8 Å². The molecule has 0 radical (unpaired) electrons. The third kappa shape index (κ3) is 2.60. The highest BCUT2D eigenvalue weighted by Gasteiger charge is 2.38. The van der Waals surface area contributed by atoms with Crippen LogP contribution in [0.3, 0.4) is 0 Å². The second-order valence-corrected chi connectivity index (χ2v) is 5.32. The fraction of sp³-hybridized carbons (Fsp3) is 0.857. The van der Waals surface area contributed by atoms with Crippen LogP contribution in [0.2, 0.25) is 0 Å². The van der Waals surface area contributed by atoms with E-state index in [2.05, 4.69) is 13.0 Å². The van der Waals surface area contributed by atoms with Gasteiger partial charge < -0.3 is 9.84 Å². The monoisotopic (exact) mass is 224 g/mol. The Labute approximate surface area is 98.7 Å². The van der Waals surface area contributed by atoms with Crippen LogP contribution in [-0.2, 0) is 4.74 Å². The number of aliphatic hydroxyl groups is 1. The van der Waals surface area contributed by atoms with Crippen molar-refractivity contribution in [2.45, 2.75) is 63.9 Å². The molecule has 92 valence electrons. The van der Waals surface area contributed by atoms with Gasteiger partial charge in [-0.2, -0.15) is 0 Å². The number of hydrogen-bond acceptors (Lipinski definition) is 2. The maximum Gasteiger partial charge on any atom is 0.124 e. The molecule has 2 heteroatoms. The van der Waals surface area contributed by atoms with E-state index in [4.69, 9.17) is 4.74 Å². The van der Waals surface area contributed by atoms with E-state index in [9.17, 15) is 5.11 Å². The molecule has 0 aromatic rings. The normalized spacial score (nSPS) is 35.4. The Kier molecular flexibility index (Phi) is 3.91. The lowest BCUT2D eigenvalue weighted by Gasteiger charge is -2.38. The average molecular weight is 224 g/mol. The van der Waals surface area contributed by atoms with Crippen molar-refractivity contribution in [1.29, 1.82) is 0 Å². The smallest absolute Gasteiger partial charge is 0.124 e. The molecular weight excluding hydrogens is 200 g/mol. The van der Waals surface area contributed by atoms with Gasteiger partial charge in [0.25, 0.3) is 0 Å². The van der Waals surface area contributed by atoms with Crippen molar-refractivity contribution < 1.29 is 9.84 Å². The third-order valence-electron chi connectivity index (χ3n) is 4.02. The van der Waals surface area contributed by atoms with Crippen LogP contribution >= 0.6 is 0 Å². The molecule has 1 N–H and O–H groups in total. The molecule has 2 aliphatic rings. The quantitative estimate of drug-likeness (QED) is 0.796. The first kappa shape index (κ1) is 12.0. The first-order valence-electron chi connectivity index (χ1n) is 6.80. The van der Waals surface area contributed by atoms with E-state index in [1.807, 2.05) is 0 Å². The first-order chi connectivity index (χ1) is 7.74. The van der Waals surface area contributed by atoms with Gasteiger partial charge >= 0.3 is 0 Å². The summed E-state index contributed by atoms with van der Waals surface area (Å²) in [6, 6.07) is 0. The summed E-state index contributed by atoms with van der Waals surface area (Å²) in [4.78, 5) is 0. The molecule has 0 amide bonds. The molecule has 1 fully saturated rings. The Morgan fingerprint density at radius 2 is 2.19 bits per heavy atom. The Morgan fingerprint density at radius 1 is 1.44 bits per heavy atom. The van der Waals surface area contributed by atoms with E-state index in [0.29, 0.717) is 0 Å². The Hall–Kier alpha value is -0.500. The van der Waals surface area contributed by atoms with Gasteiger partial charge in [-0.15, -0.1) is 0 Å². The molecule has 16 heavy (non-hydrogen) atoms. The van der Waals surface area contributed by atoms with Crippen LogP contribution in [0, 0.1) is 5.92 Å². The standard InChI is InChI=1S/C14H24O2/c1-2-5-12-7-9-14(15,10-8-12)13-6-3-4-11-16-13/h6,12,15H,2-5,7-11H2,1H3. The van der Waals surface area contributed by atoms with Crippen molar-refractivity contribution in [3.05, 3.63) is 11.8 Å². The minimum atomic E-state index is -0.634. The first-order valence-corrected chi connectivity index (χ1v) is 6.80. The summed E-state index contributed by atoms with van der Waals surface area (Å²) in [7, 11) is 0. The molecule has 0 atom stereocenters. The van der Waals surface area contributed by atoms with Gasteiger partial charge in [-0.05, 0) is 50.5 Å². The summed E-state index contributed by atoms with van der Waals surface area (Å²) in [5.41, 5.74) is -0.634. The highest BCUT2D eigenvalue weighted by molar-refractivity contribution is 5.13. The number of ether oxygens (including phenoxy) is 1. The minimum absolute atomic E-state index is 0.634. The van der Waals surface area contributed by atoms with Crippen LogP contribution < -0.4 is 0 Å². The molecule has 1 saturated carbocycles. The van der Waals surface area contributed by atoms with Crippen LogP contribution in [0.25, 0.3) is 0 Å². The van der Waals surface area contributed by atoms with Gasteiger partial charge in [0.05, 0.1) is 6.61 Å². The average Bonchev–Trinajstić information content (AvgIpc) is 2.34. The van der Waals surface area contributed by atoms with Gasteiger partial charge in [0.1, 0.15) is 11.4 Å². The fourth-order valence-electron chi connectivity index (χ4n) is 2.98. The van der Waals surface area contributed by atoms with Crippen molar-refractivity contribution in [2.75, 3.05) is 6.61 Å². The van der Waals surface area contributed by atoms with E-state index in [1.165, 1.54) is 12.8 Å². The van der Waals surface area contributed by atoms with E-state index < -0.39 is 5.60 Å². The van der Waals surface area contributed by atoms with Gasteiger partial charge in [0, 0.05) is 0 Å². The number of rotatable bonds is 3. The third-order valence-corrected chi connectivity index (χ3v) is 4.02. The number of hydrogen-bond donors (Lipinski definition) is 1. The van der Waals surface area contributed by atoms with Gasteiger partial charge in [0.15, 0.2) is 0 Å². The molecule has 0 bridgehead atoms. The zero-order chi connectivity index (χ0) is 11.4. The predicted octanol–water partition coefficient (Wildman–Crippen LogP) is 3.40. The maximum atomic E-state index is 10.6. The highest BCUT2D eigenvalue weighted by atomic mass is 16.5. The molecule has 1 aliphatic heterocycles. The maximum absolute atomic E-state index is 10.6. The van der Waals surface area contributed by atoms with Crippen LogP contribution in [0.1, 0.15) is 58.3 Å². The largest absolute Gasteiger partial charge is 0.495 e. The van der Waals surface area contributed by atoms with Crippen molar-refractivity contribution >= 4 is 0 Å². The number of allylic oxidation sites excluding steroid dienone is 1. The molecule has 2 nitrogen and oxygen atoms in total. The zero-order valence-electron chi connectivity index (χ0n) is 10.4. The summed E-state index contributed by atoms with van der Waals surface area (Å²) in [6.07, 6.45) is 10.9. The highest BCUT2D eigenvalue weighted by Crippen LogP contribution is 2.39. The second kappa shape index (κ2) is 5.22. The van der Waals surface area contributed by atoms with Crippen LogP contribution in [0.4, 0.5) is 0 Å². The summed E-state index contributed by atoms with van der Waals surface area (Å²) in [6.45, 7) is 3.03. The van der Waals surface area contributed by atoms with Gasteiger partial charge in [0.2, 0.25) is 0 Å². The molecule has 0 saturated heterocycles. The van der Waals surface area contributed by atoms with E-state index in [1.54, 1.807) is 0 Å². The van der Waals surface area contributed by atoms with Crippen LogP contribution in [-0.4, -0.2) is 17.3 Å². The van der Waals surface area contributed by atoms with Gasteiger partial charge in [-0.1, -0.05) is 19.8 Å². The summed E-state index contributed by atoms with van der Waals surface area (Å²) in [5.74, 6) is 1.70. The molecule has 0 spiro atoms. The molecule has 1 aliphatic carbocycles. The molecule has 1 heterocycles. The SMILES string of the molecule is CCCC1CCC(O)(C2=CCCCO2)CC1. The molecule has 0 aromatic heterocycles. The van der Waals surface area contributed by atoms with Gasteiger partial charge in [-0.3, -0.25) is 0 Å². The van der Waals surface area contributed by atoms with Crippen molar-refractivity contribution in [3.8, 4) is 0 Å². The van der Waals surface area contributed by atoms with E-state index in [-0.39, 0.29) is 0 Å². The van der Waals surface area contributed by atoms with Crippen LogP contribution in [0.5, 0.6) is 0 Å². The Balaban J connectivity index is 1.92. The topological polar surface area (TPSA) is 29.5 Å². The lowest BCUT2D eigenvalue weighted by molar-refractivity contribution is -0.0323. The molecule has 2 rings (SSSR count). The Bertz CT molecular complexity index is 249. The van der Waals surface area contributed by atoms with Gasteiger partial charge in [-0.25, -0.2) is 0 Å². The van der Waals surface area contributed by atoms with E-state index >= 15 is 0 Å². The molecular formula is C14H24O2. The van der Waals surface area contributed by atoms with E-state index in [0.717, 1.165) is 56.8 Å². The summed E-state index contributed by atoms with van der Waals surface area (Å²) in [5, 5.41) is 10.6. The predicted molar refractivity (Wildman–Crippen MR) is 65.1 cm³/mol. The van der Waals surface area contributed by atoms with Crippen molar-refractivity contribution in [2.24, 2.45) is 5.92 Å². The second-order valence-electron chi connectivity index (χ2n) is 5.32. The molecule has 0 unspecified atom stereocenters. The lowest BCUT2D eigenvalue weighted by Crippen LogP contribution is -2.38. The minimum Gasteiger partial charge on any atom is -0.495 e. The molecule has 0 aromatic carbocycles. The Morgan fingerprint density at radius 3 is 2.75 bits per heavy atom. The fourth-order valence-corrected chi connectivity index (χ4v) is 2.98. The van der Waals surface area contributed by atoms with Crippen molar-refractivity contribution in [1.82, 2.24) is 0 Å². The summed E-state index contributed by atoms with van der Waals surface area (Å²) >= 11 is 0. The lowest BCUT2D eigenvalue weighted by atomic mass is 9.76.